The van der Waals surface area contributed by atoms with Gasteiger partial charge in [0, 0.05) is 5.56 Å². The van der Waals surface area contributed by atoms with Crippen molar-refractivity contribution in [2.24, 2.45) is 7.05 Å². The van der Waals surface area contributed by atoms with Crippen LogP contribution >= 0.6 is 0 Å². The number of aromatic nitrogens is 3. The Labute approximate surface area is 178 Å². The van der Waals surface area contributed by atoms with E-state index in [0.717, 1.165) is 10.8 Å². The molecule has 0 saturated carbocycles. The van der Waals surface area contributed by atoms with Crippen molar-refractivity contribution in [3.05, 3.63) is 78.0 Å². The molecule has 0 aliphatic heterocycles. The smallest absolute Gasteiger partial charge is 0.416 e. The Balaban J connectivity index is 1.62. The lowest BCUT2D eigenvalue weighted by atomic mass is 10.0. The predicted molar refractivity (Wildman–Crippen MR) is 103 cm³/mol. The lowest BCUT2D eigenvalue weighted by Gasteiger charge is -2.13. The molecule has 32 heavy (non-hydrogen) atoms. The quantitative estimate of drug-likeness (QED) is 0.298. The molecule has 0 unspecified atom stereocenters. The summed E-state index contributed by atoms with van der Waals surface area (Å²) in [7, 11) is 1.43. The van der Waals surface area contributed by atoms with E-state index in [4.69, 9.17) is 4.74 Å². The Bertz CT molecular complexity index is 1240. The van der Waals surface area contributed by atoms with Crippen molar-refractivity contribution in [2.45, 2.75) is 19.1 Å². The number of aryl methyl sites for hydroxylation is 1. The van der Waals surface area contributed by atoms with Gasteiger partial charge in [-0.1, -0.05) is 30.3 Å². The summed E-state index contributed by atoms with van der Waals surface area (Å²) in [5.41, 5.74) is -2.96. The molecular weight excluding hydrogens is 436 g/mol. The maximum atomic E-state index is 13.2. The molecule has 0 N–H and O–H groups in total. The minimum atomic E-state index is -4.93. The molecule has 0 spiro atoms. The van der Waals surface area contributed by atoms with Crippen molar-refractivity contribution in [3.8, 4) is 17.0 Å². The number of nitrogens with zero attached hydrogens (tertiary/aromatic N) is 3. The van der Waals surface area contributed by atoms with Crippen molar-refractivity contribution < 1.29 is 35.8 Å². The Morgan fingerprint density at radius 3 is 2.09 bits per heavy atom. The third-order valence-corrected chi connectivity index (χ3v) is 4.84. The fourth-order valence-electron chi connectivity index (χ4n) is 3.30. The molecule has 0 aliphatic carbocycles. The number of rotatable bonds is 4. The lowest BCUT2D eigenvalue weighted by Crippen LogP contribution is -2.38. The summed E-state index contributed by atoms with van der Waals surface area (Å²) >= 11 is 0. The van der Waals surface area contributed by atoms with Crippen molar-refractivity contribution in [1.82, 2.24) is 9.90 Å². The molecule has 4 rings (SSSR count). The van der Waals surface area contributed by atoms with Crippen LogP contribution in [0, 0.1) is 0 Å². The number of ether oxygens (including phenoxy) is 1. The number of alkyl halides is 6. The molecule has 0 aliphatic rings. The van der Waals surface area contributed by atoms with Crippen molar-refractivity contribution in [3.63, 3.8) is 0 Å². The van der Waals surface area contributed by atoms with E-state index in [1.807, 2.05) is 36.4 Å². The molecule has 4 nitrogen and oxygen atoms in total. The second kappa shape index (κ2) is 7.85. The van der Waals surface area contributed by atoms with Gasteiger partial charge in [-0.3, -0.25) is 0 Å². The van der Waals surface area contributed by atoms with Gasteiger partial charge in [0.05, 0.1) is 16.3 Å². The molecule has 0 amide bonds. The molecule has 0 radical (unpaired) electrons. The van der Waals surface area contributed by atoms with Crippen LogP contribution < -0.4 is 9.42 Å². The molecule has 3 aromatic carbocycles. The third-order valence-electron chi connectivity index (χ3n) is 4.84. The average Bonchev–Trinajstić information content (AvgIpc) is 3.11. The van der Waals surface area contributed by atoms with E-state index >= 15 is 0 Å². The van der Waals surface area contributed by atoms with Crippen molar-refractivity contribution >= 4 is 10.8 Å². The highest BCUT2D eigenvalue weighted by molar-refractivity contribution is 5.83. The highest BCUT2D eigenvalue weighted by atomic mass is 19.4. The van der Waals surface area contributed by atoms with Gasteiger partial charge in [0.15, 0.2) is 11.9 Å². The largest absolute Gasteiger partial charge is 0.452 e. The van der Waals surface area contributed by atoms with E-state index in [2.05, 4.69) is 5.21 Å². The fourth-order valence-corrected chi connectivity index (χ4v) is 3.30. The van der Waals surface area contributed by atoms with Gasteiger partial charge >= 0.3 is 12.4 Å². The van der Waals surface area contributed by atoms with Gasteiger partial charge < -0.3 is 4.74 Å². The van der Waals surface area contributed by atoms with Crippen LogP contribution in [0.1, 0.15) is 11.1 Å². The summed E-state index contributed by atoms with van der Waals surface area (Å²) in [6.07, 6.45) is -8.52. The fraction of sp³-hybridized carbons (Fsp3) is 0.182. The molecule has 0 fully saturated rings. The second-order valence-corrected chi connectivity index (χ2v) is 7.14. The highest BCUT2D eigenvalue weighted by Crippen LogP contribution is 2.38. The standard InChI is InChI=1S/C22H16F6N3O/c1-30-20(16-8-17(21(23,24)25)11-18(9-16)22(26,27)28)12-31(29-30)13-32-19-7-6-14-4-2-3-5-15(14)10-19/h2-12H,13H2,1H3/q+1. The number of benzene rings is 3. The summed E-state index contributed by atoms with van der Waals surface area (Å²) in [5, 5.41) is 6.08. The number of hydrogen-bond donors (Lipinski definition) is 0. The summed E-state index contributed by atoms with van der Waals surface area (Å²) in [5.74, 6) is 0.543. The molecule has 1 aromatic heterocycles. The van der Waals surface area contributed by atoms with E-state index in [0.29, 0.717) is 17.9 Å². The van der Waals surface area contributed by atoms with E-state index in [9.17, 15) is 26.3 Å². The van der Waals surface area contributed by atoms with Crippen molar-refractivity contribution in [2.75, 3.05) is 0 Å². The normalized spacial score (nSPS) is 12.3. The molecular formula is C22H16F6N3O+. The van der Waals surface area contributed by atoms with E-state index in [-0.39, 0.29) is 24.1 Å². The minimum Gasteiger partial charge on any atom is -0.452 e. The Morgan fingerprint density at radius 1 is 0.844 bits per heavy atom. The summed E-state index contributed by atoms with van der Waals surface area (Å²) in [4.78, 5) is 0. The number of halogens is 6. The zero-order valence-electron chi connectivity index (χ0n) is 16.6. The Kier molecular flexibility index (Phi) is 5.31. The van der Waals surface area contributed by atoms with Crippen LogP contribution in [0.3, 0.4) is 0 Å². The van der Waals surface area contributed by atoms with Gasteiger partial charge in [0.2, 0.25) is 0 Å². The SMILES string of the molecule is Cn1n[n+](COc2ccc3ccccc3c2)cc1-c1cc(C(F)(F)F)cc(C(F)(F)F)c1. The van der Waals surface area contributed by atoms with Crippen LogP contribution in [0.2, 0.25) is 0 Å². The van der Waals surface area contributed by atoms with Crippen LogP contribution in [0.25, 0.3) is 22.0 Å². The summed E-state index contributed by atoms with van der Waals surface area (Å²) in [6, 6.07) is 14.5. The van der Waals surface area contributed by atoms with Gasteiger partial charge in [0.1, 0.15) is 12.8 Å². The van der Waals surface area contributed by atoms with E-state index in [1.54, 1.807) is 6.07 Å². The highest BCUT2D eigenvalue weighted by Gasteiger charge is 2.37. The van der Waals surface area contributed by atoms with Crippen LogP contribution in [0.15, 0.2) is 66.9 Å². The van der Waals surface area contributed by atoms with Gasteiger partial charge in [-0.2, -0.15) is 26.3 Å². The first-order valence-corrected chi connectivity index (χ1v) is 9.36. The zero-order chi connectivity index (χ0) is 23.1. The minimum absolute atomic E-state index is 0.0729. The molecule has 0 atom stereocenters. The predicted octanol–water partition coefficient (Wildman–Crippen LogP) is 5.60. The van der Waals surface area contributed by atoms with E-state index < -0.39 is 23.5 Å². The van der Waals surface area contributed by atoms with Crippen LogP contribution in [-0.4, -0.2) is 9.90 Å². The first kappa shape index (κ1) is 21.7. The third kappa shape index (κ3) is 4.53. The number of fused-ring (bicyclic) bond motifs is 1. The van der Waals surface area contributed by atoms with E-state index in [1.165, 1.54) is 22.6 Å². The first-order valence-electron chi connectivity index (χ1n) is 9.36. The molecule has 0 saturated heterocycles. The van der Waals surface area contributed by atoms with Gasteiger partial charge in [0.25, 0.3) is 6.73 Å². The molecule has 166 valence electrons. The van der Waals surface area contributed by atoms with Gasteiger partial charge in [-0.15, -0.1) is 9.36 Å². The lowest BCUT2D eigenvalue weighted by molar-refractivity contribution is -0.779. The molecule has 4 aromatic rings. The van der Waals surface area contributed by atoms with Crippen LogP contribution in [0.5, 0.6) is 5.75 Å². The van der Waals surface area contributed by atoms with Gasteiger partial charge in [-0.25, -0.2) is 0 Å². The summed E-state index contributed by atoms with van der Waals surface area (Å²) < 4.78 is 87.1. The van der Waals surface area contributed by atoms with Gasteiger partial charge in [-0.05, 0) is 41.1 Å². The zero-order valence-corrected chi connectivity index (χ0v) is 16.6. The second-order valence-electron chi connectivity index (χ2n) is 7.14. The van der Waals surface area contributed by atoms with Crippen molar-refractivity contribution in [1.29, 1.82) is 0 Å². The summed E-state index contributed by atoms with van der Waals surface area (Å²) in [6.45, 7) is -0.0860. The van der Waals surface area contributed by atoms with Crippen LogP contribution in [-0.2, 0) is 26.1 Å². The Morgan fingerprint density at radius 2 is 1.47 bits per heavy atom. The topological polar surface area (TPSA) is 30.9 Å². The maximum absolute atomic E-state index is 13.2. The molecule has 1 heterocycles. The molecule has 0 bridgehead atoms. The van der Waals surface area contributed by atoms with Crippen LogP contribution in [0.4, 0.5) is 26.3 Å². The number of hydrogen-bond acceptors (Lipinski definition) is 2. The monoisotopic (exact) mass is 452 g/mol. The average molecular weight is 452 g/mol. The Hall–Kier alpha value is -3.56. The molecule has 10 heteroatoms. The maximum Gasteiger partial charge on any atom is 0.416 e. The first-order chi connectivity index (χ1) is 15.0.